The van der Waals surface area contributed by atoms with Crippen LogP contribution in [-0.4, -0.2) is 4.40 Å². The average Bonchev–Trinajstić information content (AvgIpc) is 2.55. The van der Waals surface area contributed by atoms with E-state index in [0.717, 1.165) is 38.7 Å². The van der Waals surface area contributed by atoms with Crippen LogP contribution >= 0.6 is 0 Å². The number of hydrogen-bond donors (Lipinski definition) is 0. The van der Waals surface area contributed by atoms with Gasteiger partial charge >= 0.3 is 0 Å². The molecule has 0 unspecified atom stereocenters. The molecule has 0 amide bonds. The number of aromatic nitrogens is 1. The van der Waals surface area contributed by atoms with E-state index in [1.165, 1.54) is 0 Å². The molecule has 2 aromatic rings. The van der Waals surface area contributed by atoms with E-state index >= 15 is 0 Å². The molecule has 0 fully saturated rings. The second-order valence-corrected chi connectivity index (χ2v) is 4.55. The molecular weight excluding hydrogens is 210 g/mol. The number of nitrogens with zero attached hydrogens (tertiary/aromatic N) is 1. The lowest BCUT2D eigenvalue weighted by Crippen LogP contribution is -2.25. The summed E-state index contributed by atoms with van der Waals surface area (Å²) in [6.07, 6.45) is 1.81. The van der Waals surface area contributed by atoms with Crippen LogP contribution in [0.2, 0.25) is 0 Å². The first-order valence-electron chi connectivity index (χ1n) is 5.68. The highest BCUT2D eigenvalue weighted by Gasteiger charge is 2.15. The van der Waals surface area contributed by atoms with E-state index in [1.54, 1.807) is 10.5 Å². The van der Waals surface area contributed by atoms with Crippen LogP contribution in [-0.2, 0) is 0 Å². The molecule has 0 saturated heterocycles. The zero-order chi connectivity index (χ0) is 12.9. The van der Waals surface area contributed by atoms with Crippen molar-refractivity contribution in [2.75, 3.05) is 0 Å². The maximum atomic E-state index is 12.3. The number of pyridine rings is 1. The lowest BCUT2D eigenvalue weighted by molar-refractivity contribution is 1.01. The second kappa shape index (κ2) is 3.59. The third-order valence-corrected chi connectivity index (χ3v) is 3.74. The van der Waals surface area contributed by atoms with Crippen LogP contribution in [0, 0.1) is 27.7 Å². The zero-order valence-corrected chi connectivity index (χ0v) is 10.8. The summed E-state index contributed by atoms with van der Waals surface area (Å²) in [6, 6.07) is 0. The van der Waals surface area contributed by atoms with Gasteiger partial charge in [0.15, 0.2) is 0 Å². The van der Waals surface area contributed by atoms with Crippen LogP contribution < -0.4 is 10.8 Å². The second-order valence-electron chi connectivity index (χ2n) is 4.55. The Morgan fingerprint density at radius 2 is 1.65 bits per heavy atom. The molecule has 0 saturated carbocycles. The summed E-state index contributed by atoms with van der Waals surface area (Å²) in [5.74, 6) is 0. The van der Waals surface area contributed by atoms with Crippen LogP contribution in [0.15, 0.2) is 11.4 Å². The van der Waals surface area contributed by atoms with Gasteiger partial charge in [-0.3, -0.25) is 9.20 Å². The molecule has 2 rings (SSSR count). The monoisotopic (exact) mass is 227 g/mol. The average molecular weight is 227 g/mol. The van der Waals surface area contributed by atoms with Gasteiger partial charge in [0.25, 0.3) is 5.56 Å². The van der Waals surface area contributed by atoms with Gasteiger partial charge in [0, 0.05) is 11.3 Å². The van der Waals surface area contributed by atoms with Crippen molar-refractivity contribution in [2.45, 2.75) is 27.7 Å². The minimum Gasteiger partial charge on any atom is -0.280 e. The largest absolute Gasteiger partial charge is 0.280 e. The lowest BCUT2D eigenvalue weighted by atomic mass is 10.1. The van der Waals surface area contributed by atoms with Gasteiger partial charge in [-0.2, -0.15) is 0 Å². The zero-order valence-electron chi connectivity index (χ0n) is 10.8. The minimum absolute atomic E-state index is 0.0543. The van der Waals surface area contributed by atoms with Crippen molar-refractivity contribution >= 4 is 18.2 Å². The normalized spacial score (nSPS) is 11.1. The molecule has 0 N–H and O–H groups in total. The van der Waals surface area contributed by atoms with Crippen molar-refractivity contribution in [1.82, 2.24) is 4.40 Å². The van der Waals surface area contributed by atoms with Crippen molar-refractivity contribution in [2.24, 2.45) is 0 Å². The third kappa shape index (κ3) is 1.30. The van der Waals surface area contributed by atoms with Gasteiger partial charge in [0.05, 0.1) is 5.52 Å². The Bertz CT molecular complexity index is 676. The molecule has 0 bridgehead atoms. The lowest BCUT2D eigenvalue weighted by Gasteiger charge is -2.05. The molecule has 0 aliphatic carbocycles. The number of hydrogen-bond acceptors (Lipinski definition) is 1. The molecule has 0 atom stereocenters. The summed E-state index contributed by atoms with van der Waals surface area (Å²) < 4.78 is 1.76. The maximum Gasteiger partial charge on any atom is 0.258 e. The van der Waals surface area contributed by atoms with Gasteiger partial charge in [0.1, 0.15) is 0 Å². The van der Waals surface area contributed by atoms with Crippen molar-refractivity contribution in [1.29, 1.82) is 0 Å². The van der Waals surface area contributed by atoms with Crippen LogP contribution in [0.5, 0.6) is 0 Å². The van der Waals surface area contributed by atoms with E-state index in [0.29, 0.717) is 0 Å². The van der Waals surface area contributed by atoms with Gasteiger partial charge in [0.2, 0.25) is 0 Å². The highest BCUT2D eigenvalue weighted by Crippen LogP contribution is 2.20. The molecule has 2 aromatic heterocycles. The van der Waals surface area contributed by atoms with E-state index in [-0.39, 0.29) is 5.56 Å². The summed E-state index contributed by atoms with van der Waals surface area (Å²) in [6.45, 7) is 15.7. The molecule has 17 heavy (non-hydrogen) atoms. The van der Waals surface area contributed by atoms with Crippen molar-refractivity contribution < 1.29 is 0 Å². The topological polar surface area (TPSA) is 21.5 Å². The van der Waals surface area contributed by atoms with E-state index in [2.05, 4.69) is 13.2 Å². The first-order chi connectivity index (χ1) is 7.91. The smallest absolute Gasteiger partial charge is 0.258 e. The van der Waals surface area contributed by atoms with Gasteiger partial charge in [-0.25, -0.2) is 0 Å². The first-order valence-corrected chi connectivity index (χ1v) is 5.68. The van der Waals surface area contributed by atoms with E-state index < -0.39 is 0 Å². The molecule has 2 nitrogen and oxygen atoms in total. The number of fused-ring (bicyclic) bond motifs is 1. The van der Waals surface area contributed by atoms with E-state index in [9.17, 15) is 4.79 Å². The maximum absolute atomic E-state index is 12.3. The quantitative estimate of drug-likeness (QED) is 0.732. The number of rotatable bonds is 1. The Balaban J connectivity index is 3.28. The summed E-state index contributed by atoms with van der Waals surface area (Å²) in [5.41, 5.74) is 5.82. The standard InChI is InChI=1S/C15H17NO/c1-7-13-11(5)14-9(3)8(2)10(4)15(17)16(14)12(13)6/h7H,1,3H2,2,4-6H3. The summed E-state index contributed by atoms with van der Waals surface area (Å²) in [4.78, 5) is 12.3. The molecule has 0 aliphatic heterocycles. The van der Waals surface area contributed by atoms with E-state index in [1.807, 2.05) is 27.7 Å². The number of aryl methyl sites for hydroxylation is 2. The van der Waals surface area contributed by atoms with Gasteiger partial charge in [-0.05, 0) is 49.6 Å². The SMILES string of the molecule is C=Cc1c(C)c2c(=C)c(C)c(C)c(=O)n2c1C. The van der Waals surface area contributed by atoms with Crippen LogP contribution in [0.1, 0.15) is 27.9 Å². The van der Waals surface area contributed by atoms with Gasteiger partial charge in [-0.1, -0.05) is 19.2 Å². The Labute approximate surface area is 101 Å². The van der Waals surface area contributed by atoms with Crippen LogP contribution in [0.3, 0.4) is 0 Å². The van der Waals surface area contributed by atoms with Gasteiger partial charge < -0.3 is 0 Å². The molecular formula is C15H17NO. The molecule has 2 heteroatoms. The summed E-state index contributed by atoms with van der Waals surface area (Å²) in [5, 5.41) is 0.941. The highest BCUT2D eigenvalue weighted by atomic mass is 16.1. The Hall–Kier alpha value is -1.83. The molecule has 0 aromatic carbocycles. The fraction of sp³-hybridized carbons (Fsp3) is 0.267. The van der Waals surface area contributed by atoms with Crippen molar-refractivity contribution in [3.63, 3.8) is 0 Å². The third-order valence-electron chi connectivity index (χ3n) is 3.74. The van der Waals surface area contributed by atoms with Crippen LogP contribution in [0.25, 0.3) is 18.2 Å². The van der Waals surface area contributed by atoms with E-state index in [4.69, 9.17) is 0 Å². The fourth-order valence-corrected chi connectivity index (χ4v) is 2.50. The summed E-state index contributed by atoms with van der Waals surface area (Å²) >= 11 is 0. The molecule has 0 aliphatic rings. The molecule has 0 spiro atoms. The Morgan fingerprint density at radius 3 is 2.18 bits per heavy atom. The first kappa shape index (κ1) is 11.6. The molecule has 88 valence electrons. The Morgan fingerprint density at radius 1 is 1.06 bits per heavy atom. The van der Waals surface area contributed by atoms with Crippen LogP contribution in [0.4, 0.5) is 0 Å². The summed E-state index contributed by atoms with van der Waals surface area (Å²) in [7, 11) is 0. The molecule has 0 radical (unpaired) electrons. The molecule has 2 heterocycles. The Kier molecular flexibility index (Phi) is 2.46. The van der Waals surface area contributed by atoms with Crippen molar-refractivity contribution in [3.05, 3.63) is 50.1 Å². The van der Waals surface area contributed by atoms with Gasteiger partial charge in [-0.15, -0.1) is 0 Å². The highest BCUT2D eigenvalue weighted by molar-refractivity contribution is 5.71. The minimum atomic E-state index is 0.0543. The predicted octanol–water partition coefficient (Wildman–Crippen LogP) is 2.31. The fourth-order valence-electron chi connectivity index (χ4n) is 2.50. The van der Waals surface area contributed by atoms with Crippen molar-refractivity contribution in [3.8, 4) is 0 Å². The predicted molar refractivity (Wildman–Crippen MR) is 73.4 cm³/mol.